The Morgan fingerprint density at radius 1 is 1.24 bits per heavy atom. The number of thiophene rings is 1. The Morgan fingerprint density at radius 2 is 1.97 bits per heavy atom. The molecule has 158 valence electrons. The molecule has 1 aromatic heterocycles. The first-order chi connectivity index (χ1) is 13.9. The number of likely N-dealkylation sites (tertiary alicyclic amines) is 1. The summed E-state index contributed by atoms with van der Waals surface area (Å²) in [6.45, 7) is 5.90. The zero-order chi connectivity index (χ0) is 20.6. The van der Waals surface area contributed by atoms with Crippen molar-refractivity contribution in [2.45, 2.75) is 64.5 Å². The number of carbonyl (C=O) groups is 3. The number of urea groups is 1. The molecule has 4 amide bonds. The van der Waals surface area contributed by atoms with Crippen LogP contribution in [0.5, 0.6) is 0 Å². The Kier molecular flexibility index (Phi) is 5.69. The van der Waals surface area contributed by atoms with Crippen LogP contribution in [-0.4, -0.2) is 46.3 Å². The van der Waals surface area contributed by atoms with Crippen molar-refractivity contribution in [1.29, 1.82) is 0 Å². The molecule has 0 unspecified atom stereocenters. The van der Waals surface area contributed by atoms with E-state index in [2.05, 4.69) is 19.2 Å². The monoisotopic (exact) mass is 417 g/mol. The maximum Gasteiger partial charge on any atom is 0.325 e. The van der Waals surface area contributed by atoms with E-state index in [9.17, 15) is 14.4 Å². The minimum Gasteiger partial charge on any atom is -0.342 e. The first-order valence-electron chi connectivity index (χ1n) is 10.9. The number of hydrogen-bond acceptors (Lipinski definition) is 4. The van der Waals surface area contributed by atoms with Crippen molar-refractivity contribution in [1.82, 2.24) is 15.1 Å². The van der Waals surface area contributed by atoms with E-state index < -0.39 is 5.54 Å². The molecule has 1 N–H and O–H groups in total. The Bertz CT molecular complexity index is 766. The van der Waals surface area contributed by atoms with Gasteiger partial charge in [0.15, 0.2) is 0 Å². The standard InChI is InChI=1S/C22H31N3O3S/c1-15(2)13-22(17-8-10-24(11-9-17)19(26)16-5-3-6-16)20(27)25(21(28)23-22)14-18-7-4-12-29-18/h4,7,12,15-17H,3,5-6,8-11,13-14H2,1-2H3,(H,23,28)/t22-/m0/s1. The van der Waals surface area contributed by atoms with Crippen LogP contribution in [0.15, 0.2) is 17.5 Å². The molecule has 1 aliphatic carbocycles. The third-order valence-electron chi connectivity index (χ3n) is 6.78. The third-order valence-corrected chi connectivity index (χ3v) is 7.65. The maximum absolute atomic E-state index is 13.5. The number of carbonyl (C=O) groups excluding carboxylic acids is 3. The maximum atomic E-state index is 13.5. The average Bonchev–Trinajstić information content (AvgIpc) is 3.23. The summed E-state index contributed by atoms with van der Waals surface area (Å²) in [7, 11) is 0. The Balaban J connectivity index is 1.49. The van der Waals surface area contributed by atoms with Crippen LogP contribution in [-0.2, 0) is 16.1 Å². The molecule has 1 atom stereocenters. The lowest BCUT2D eigenvalue weighted by molar-refractivity contribution is -0.141. The minimum atomic E-state index is -0.839. The second-order valence-corrected chi connectivity index (χ2v) is 10.2. The molecule has 0 aromatic carbocycles. The summed E-state index contributed by atoms with van der Waals surface area (Å²) >= 11 is 1.56. The van der Waals surface area contributed by atoms with E-state index in [-0.39, 0.29) is 35.6 Å². The van der Waals surface area contributed by atoms with Gasteiger partial charge in [-0.15, -0.1) is 11.3 Å². The van der Waals surface area contributed by atoms with Crippen LogP contribution >= 0.6 is 11.3 Å². The molecular weight excluding hydrogens is 386 g/mol. The van der Waals surface area contributed by atoms with Crippen LogP contribution in [0.1, 0.15) is 57.2 Å². The molecule has 4 rings (SSSR count). The number of imide groups is 1. The molecule has 7 heteroatoms. The van der Waals surface area contributed by atoms with Gasteiger partial charge in [0.1, 0.15) is 5.54 Å². The molecule has 3 fully saturated rings. The quantitative estimate of drug-likeness (QED) is 0.719. The van der Waals surface area contributed by atoms with Crippen LogP contribution < -0.4 is 5.32 Å². The molecule has 1 aromatic rings. The largest absolute Gasteiger partial charge is 0.342 e. The number of hydrogen-bond donors (Lipinski definition) is 1. The van der Waals surface area contributed by atoms with Crippen LogP contribution in [0, 0.1) is 17.8 Å². The van der Waals surface area contributed by atoms with Crippen LogP contribution in [0.3, 0.4) is 0 Å². The van der Waals surface area contributed by atoms with Gasteiger partial charge >= 0.3 is 6.03 Å². The molecule has 2 aliphatic heterocycles. The highest BCUT2D eigenvalue weighted by molar-refractivity contribution is 7.09. The molecule has 0 spiro atoms. The van der Waals surface area contributed by atoms with Crippen molar-refractivity contribution < 1.29 is 14.4 Å². The summed E-state index contributed by atoms with van der Waals surface area (Å²) in [5, 5.41) is 5.07. The van der Waals surface area contributed by atoms with Crippen molar-refractivity contribution in [2.75, 3.05) is 13.1 Å². The van der Waals surface area contributed by atoms with Gasteiger partial charge in [0.2, 0.25) is 5.91 Å². The minimum absolute atomic E-state index is 0.0696. The van der Waals surface area contributed by atoms with Crippen molar-refractivity contribution in [3.05, 3.63) is 22.4 Å². The predicted octanol–water partition coefficient (Wildman–Crippen LogP) is 3.62. The fourth-order valence-electron chi connectivity index (χ4n) is 5.08. The van der Waals surface area contributed by atoms with Gasteiger partial charge in [0.25, 0.3) is 5.91 Å². The van der Waals surface area contributed by atoms with Crippen molar-refractivity contribution in [3.8, 4) is 0 Å². The molecule has 0 bridgehead atoms. The van der Waals surface area contributed by atoms with E-state index in [1.54, 1.807) is 11.3 Å². The van der Waals surface area contributed by atoms with Crippen LogP contribution in [0.2, 0.25) is 0 Å². The smallest absolute Gasteiger partial charge is 0.325 e. The molecular formula is C22H31N3O3S. The molecule has 0 radical (unpaired) electrons. The Hall–Kier alpha value is -1.89. The summed E-state index contributed by atoms with van der Waals surface area (Å²) in [5.41, 5.74) is -0.839. The predicted molar refractivity (Wildman–Crippen MR) is 112 cm³/mol. The summed E-state index contributed by atoms with van der Waals surface area (Å²) in [4.78, 5) is 43.3. The zero-order valence-electron chi connectivity index (χ0n) is 17.4. The summed E-state index contributed by atoms with van der Waals surface area (Å²) in [6, 6.07) is 3.62. The van der Waals surface area contributed by atoms with E-state index in [1.807, 2.05) is 22.4 Å². The number of piperidine rings is 1. The lowest BCUT2D eigenvalue weighted by Crippen LogP contribution is -2.57. The highest BCUT2D eigenvalue weighted by Crippen LogP contribution is 2.39. The topological polar surface area (TPSA) is 69.7 Å². The van der Waals surface area contributed by atoms with Crippen molar-refractivity contribution in [3.63, 3.8) is 0 Å². The molecule has 3 heterocycles. The van der Waals surface area contributed by atoms with Gasteiger partial charge in [-0.25, -0.2) is 4.79 Å². The van der Waals surface area contributed by atoms with Crippen molar-refractivity contribution >= 4 is 29.2 Å². The molecule has 2 saturated heterocycles. The van der Waals surface area contributed by atoms with E-state index in [0.29, 0.717) is 26.1 Å². The molecule has 3 aliphatic rings. The van der Waals surface area contributed by atoms with E-state index >= 15 is 0 Å². The normalized spacial score (nSPS) is 26.2. The van der Waals surface area contributed by atoms with Crippen LogP contribution in [0.25, 0.3) is 0 Å². The number of nitrogens with one attached hydrogen (secondary N) is 1. The van der Waals surface area contributed by atoms with Gasteiger partial charge in [-0.05, 0) is 55.4 Å². The van der Waals surface area contributed by atoms with Gasteiger partial charge in [0, 0.05) is 23.9 Å². The summed E-state index contributed by atoms with van der Waals surface area (Å²) in [6.07, 6.45) is 5.36. The Morgan fingerprint density at radius 3 is 2.52 bits per heavy atom. The van der Waals surface area contributed by atoms with Gasteiger partial charge in [-0.2, -0.15) is 0 Å². The molecule has 1 saturated carbocycles. The number of amides is 4. The zero-order valence-corrected chi connectivity index (χ0v) is 18.2. The second kappa shape index (κ2) is 8.09. The fraction of sp³-hybridized carbons (Fsp3) is 0.682. The summed E-state index contributed by atoms with van der Waals surface area (Å²) in [5.74, 6) is 0.767. The van der Waals surface area contributed by atoms with Gasteiger partial charge < -0.3 is 10.2 Å². The highest BCUT2D eigenvalue weighted by atomic mass is 32.1. The number of nitrogens with zero attached hydrogens (tertiary/aromatic N) is 2. The second-order valence-electron chi connectivity index (χ2n) is 9.20. The van der Waals surface area contributed by atoms with Gasteiger partial charge in [-0.1, -0.05) is 26.3 Å². The fourth-order valence-corrected chi connectivity index (χ4v) is 5.77. The lowest BCUT2D eigenvalue weighted by atomic mass is 9.72. The molecule has 6 nitrogen and oxygen atoms in total. The van der Waals surface area contributed by atoms with Gasteiger partial charge in [-0.3, -0.25) is 14.5 Å². The van der Waals surface area contributed by atoms with E-state index in [1.165, 1.54) is 4.90 Å². The van der Waals surface area contributed by atoms with Gasteiger partial charge in [0.05, 0.1) is 6.54 Å². The number of rotatable bonds is 6. The summed E-state index contributed by atoms with van der Waals surface area (Å²) < 4.78 is 0. The SMILES string of the molecule is CC(C)C[C@@]1(C2CCN(C(=O)C3CCC3)CC2)NC(=O)N(Cc2cccs2)C1=O. The third kappa shape index (κ3) is 3.81. The van der Waals surface area contributed by atoms with E-state index in [4.69, 9.17) is 0 Å². The Labute approximate surface area is 176 Å². The van der Waals surface area contributed by atoms with Crippen molar-refractivity contribution in [2.24, 2.45) is 17.8 Å². The van der Waals surface area contributed by atoms with E-state index in [0.717, 1.165) is 37.0 Å². The first kappa shape index (κ1) is 20.4. The average molecular weight is 418 g/mol. The molecule has 29 heavy (non-hydrogen) atoms. The van der Waals surface area contributed by atoms with Crippen LogP contribution in [0.4, 0.5) is 4.79 Å². The lowest BCUT2D eigenvalue weighted by Gasteiger charge is -2.43. The first-order valence-corrected chi connectivity index (χ1v) is 11.7. The highest BCUT2D eigenvalue weighted by Gasteiger charge is 2.56.